The van der Waals surface area contributed by atoms with Gasteiger partial charge in [-0.25, -0.2) is 12.7 Å². The summed E-state index contributed by atoms with van der Waals surface area (Å²) < 4.78 is 30.6. The SMILES string of the molecule is CS(=O)(=O)N1CCC2(CC1)CC(CCN1CCN(c3ccc(O)cc3)CC1)OC2=O. The van der Waals surface area contributed by atoms with Crippen molar-refractivity contribution < 1.29 is 23.1 Å². The zero-order chi connectivity index (χ0) is 21.4. The second kappa shape index (κ2) is 8.36. The zero-order valence-corrected chi connectivity index (χ0v) is 18.3. The Labute approximate surface area is 178 Å². The summed E-state index contributed by atoms with van der Waals surface area (Å²) in [6, 6.07) is 7.31. The number of sulfonamides is 1. The summed E-state index contributed by atoms with van der Waals surface area (Å²) in [6.07, 6.45) is 3.79. The summed E-state index contributed by atoms with van der Waals surface area (Å²) in [5.41, 5.74) is 0.628. The highest BCUT2D eigenvalue weighted by Crippen LogP contribution is 2.44. The minimum Gasteiger partial charge on any atom is -0.508 e. The highest BCUT2D eigenvalue weighted by Gasteiger charge is 2.51. The number of cyclic esters (lactones) is 1. The molecule has 3 heterocycles. The number of nitrogens with zero attached hydrogens (tertiary/aromatic N) is 3. The van der Waals surface area contributed by atoms with Crippen LogP contribution < -0.4 is 4.90 Å². The number of aromatic hydroxyl groups is 1. The number of phenolic OH excluding ortho intramolecular Hbond substituents is 1. The molecule has 3 fully saturated rings. The molecule has 1 unspecified atom stereocenters. The maximum Gasteiger partial charge on any atom is 0.312 e. The first-order chi connectivity index (χ1) is 14.2. The van der Waals surface area contributed by atoms with Gasteiger partial charge in [-0.05, 0) is 43.5 Å². The lowest BCUT2D eigenvalue weighted by molar-refractivity contribution is -0.150. The maximum atomic E-state index is 12.6. The van der Waals surface area contributed by atoms with E-state index in [4.69, 9.17) is 4.74 Å². The largest absolute Gasteiger partial charge is 0.508 e. The summed E-state index contributed by atoms with van der Waals surface area (Å²) in [4.78, 5) is 17.3. The number of anilines is 1. The molecule has 30 heavy (non-hydrogen) atoms. The monoisotopic (exact) mass is 437 g/mol. The number of ether oxygens (including phenoxy) is 1. The third-order valence-electron chi connectivity index (χ3n) is 6.83. The van der Waals surface area contributed by atoms with Crippen molar-refractivity contribution >= 4 is 21.7 Å². The Hall–Kier alpha value is -1.84. The molecule has 1 atom stereocenters. The Morgan fingerprint density at radius 1 is 1.07 bits per heavy atom. The number of phenols is 1. The molecule has 1 spiro atoms. The Kier molecular flexibility index (Phi) is 5.96. The lowest BCUT2D eigenvalue weighted by Gasteiger charge is -2.36. The maximum absolute atomic E-state index is 12.6. The zero-order valence-electron chi connectivity index (χ0n) is 17.5. The van der Waals surface area contributed by atoms with Crippen molar-refractivity contribution in [1.29, 1.82) is 0 Å². The van der Waals surface area contributed by atoms with Crippen LogP contribution in [0, 0.1) is 5.41 Å². The molecule has 0 radical (unpaired) electrons. The van der Waals surface area contributed by atoms with Gasteiger partial charge >= 0.3 is 5.97 Å². The van der Waals surface area contributed by atoms with E-state index in [1.807, 2.05) is 12.1 Å². The molecule has 0 amide bonds. The molecule has 0 aromatic heterocycles. The van der Waals surface area contributed by atoms with E-state index >= 15 is 0 Å². The molecular weight excluding hydrogens is 406 g/mol. The van der Waals surface area contributed by atoms with Crippen molar-refractivity contribution in [1.82, 2.24) is 9.21 Å². The molecule has 1 N–H and O–H groups in total. The summed E-state index contributed by atoms with van der Waals surface area (Å²) in [7, 11) is -3.20. The molecular formula is C21H31N3O5S. The van der Waals surface area contributed by atoms with Crippen LogP contribution >= 0.6 is 0 Å². The van der Waals surface area contributed by atoms with Gasteiger partial charge in [0.2, 0.25) is 10.0 Å². The van der Waals surface area contributed by atoms with Gasteiger partial charge < -0.3 is 14.7 Å². The molecule has 0 aliphatic carbocycles. The average molecular weight is 438 g/mol. The fourth-order valence-corrected chi connectivity index (χ4v) is 5.72. The lowest BCUT2D eigenvalue weighted by atomic mass is 9.76. The fraction of sp³-hybridized carbons (Fsp3) is 0.667. The quantitative estimate of drug-likeness (QED) is 0.694. The van der Waals surface area contributed by atoms with Gasteiger partial charge in [-0.2, -0.15) is 0 Å². The van der Waals surface area contributed by atoms with Gasteiger partial charge in [0.05, 0.1) is 11.7 Å². The van der Waals surface area contributed by atoms with Crippen LogP contribution in [-0.4, -0.2) is 86.9 Å². The van der Waals surface area contributed by atoms with Crippen molar-refractivity contribution in [3.63, 3.8) is 0 Å². The number of benzene rings is 1. The fourth-order valence-electron chi connectivity index (χ4n) is 4.87. The Bertz CT molecular complexity index is 857. The summed E-state index contributed by atoms with van der Waals surface area (Å²) in [5.74, 6) is 0.140. The highest BCUT2D eigenvalue weighted by molar-refractivity contribution is 7.88. The van der Waals surface area contributed by atoms with E-state index in [1.54, 1.807) is 12.1 Å². The summed E-state index contributed by atoms with van der Waals surface area (Å²) in [5, 5.41) is 9.44. The van der Waals surface area contributed by atoms with Crippen LogP contribution in [0.25, 0.3) is 0 Å². The van der Waals surface area contributed by atoms with Crippen LogP contribution in [0.1, 0.15) is 25.7 Å². The van der Waals surface area contributed by atoms with Gasteiger partial charge in [0, 0.05) is 57.9 Å². The predicted molar refractivity (Wildman–Crippen MR) is 114 cm³/mol. The average Bonchev–Trinajstić information content (AvgIpc) is 3.02. The topological polar surface area (TPSA) is 90.4 Å². The highest BCUT2D eigenvalue weighted by atomic mass is 32.2. The normalized spacial score (nSPS) is 25.6. The second-order valence-electron chi connectivity index (χ2n) is 8.81. The Morgan fingerprint density at radius 2 is 1.70 bits per heavy atom. The number of hydrogen-bond acceptors (Lipinski definition) is 7. The molecule has 8 nitrogen and oxygen atoms in total. The number of carbonyl (C=O) groups excluding carboxylic acids is 1. The third-order valence-corrected chi connectivity index (χ3v) is 8.13. The number of esters is 1. The number of piperidine rings is 1. The molecule has 3 saturated heterocycles. The van der Waals surface area contributed by atoms with Crippen LogP contribution in [0.5, 0.6) is 5.75 Å². The molecule has 1 aromatic rings. The van der Waals surface area contributed by atoms with Crippen LogP contribution in [0.15, 0.2) is 24.3 Å². The summed E-state index contributed by atoms with van der Waals surface area (Å²) in [6.45, 7) is 5.47. The molecule has 166 valence electrons. The first-order valence-corrected chi connectivity index (χ1v) is 12.5. The van der Waals surface area contributed by atoms with E-state index < -0.39 is 15.4 Å². The molecule has 3 aliphatic rings. The van der Waals surface area contributed by atoms with Crippen LogP contribution in [0.4, 0.5) is 5.69 Å². The van der Waals surface area contributed by atoms with E-state index in [9.17, 15) is 18.3 Å². The van der Waals surface area contributed by atoms with E-state index in [0.717, 1.165) is 44.8 Å². The van der Waals surface area contributed by atoms with Crippen molar-refractivity contribution in [2.45, 2.75) is 31.8 Å². The van der Waals surface area contributed by atoms with Crippen LogP contribution in [-0.2, 0) is 19.6 Å². The smallest absolute Gasteiger partial charge is 0.312 e. The molecule has 0 saturated carbocycles. The van der Waals surface area contributed by atoms with E-state index in [-0.39, 0.29) is 17.8 Å². The Morgan fingerprint density at radius 3 is 2.30 bits per heavy atom. The molecule has 4 rings (SSSR count). The van der Waals surface area contributed by atoms with Gasteiger partial charge in [0.15, 0.2) is 0 Å². The predicted octanol–water partition coefficient (Wildman–Crippen LogP) is 1.26. The van der Waals surface area contributed by atoms with E-state index in [0.29, 0.717) is 32.4 Å². The van der Waals surface area contributed by atoms with Gasteiger partial charge in [0.25, 0.3) is 0 Å². The van der Waals surface area contributed by atoms with Gasteiger partial charge in [0.1, 0.15) is 11.9 Å². The minimum atomic E-state index is -3.20. The number of piperazine rings is 1. The molecule has 1 aromatic carbocycles. The number of rotatable bonds is 5. The van der Waals surface area contributed by atoms with Crippen molar-refractivity contribution in [3.8, 4) is 5.75 Å². The number of hydrogen-bond donors (Lipinski definition) is 1. The lowest BCUT2D eigenvalue weighted by Crippen LogP contribution is -2.47. The van der Waals surface area contributed by atoms with Crippen LogP contribution in [0.2, 0.25) is 0 Å². The first-order valence-electron chi connectivity index (χ1n) is 10.7. The Balaban J connectivity index is 1.23. The van der Waals surface area contributed by atoms with Gasteiger partial charge in [-0.15, -0.1) is 0 Å². The van der Waals surface area contributed by atoms with Gasteiger partial charge in [-0.3, -0.25) is 9.69 Å². The first kappa shape index (κ1) is 21.4. The minimum absolute atomic E-state index is 0.0718. The molecule has 9 heteroatoms. The van der Waals surface area contributed by atoms with Gasteiger partial charge in [-0.1, -0.05) is 0 Å². The van der Waals surface area contributed by atoms with Crippen molar-refractivity contribution in [2.75, 3.05) is 57.0 Å². The van der Waals surface area contributed by atoms with Crippen LogP contribution in [0.3, 0.4) is 0 Å². The summed E-state index contributed by atoms with van der Waals surface area (Å²) >= 11 is 0. The van der Waals surface area contributed by atoms with Crippen molar-refractivity contribution in [2.24, 2.45) is 5.41 Å². The second-order valence-corrected chi connectivity index (χ2v) is 10.8. The number of carbonyl (C=O) groups is 1. The molecule has 3 aliphatic heterocycles. The van der Waals surface area contributed by atoms with E-state index in [1.165, 1.54) is 10.6 Å². The standard InChI is InChI=1S/C21H31N3O5S/c1-30(27,28)24-10-7-21(8-11-24)16-19(29-20(21)26)6-9-22-12-14-23(15-13-22)17-2-4-18(25)5-3-17/h2-5,19,25H,6-16H2,1H3. The third kappa shape index (κ3) is 4.58. The van der Waals surface area contributed by atoms with Crippen molar-refractivity contribution in [3.05, 3.63) is 24.3 Å². The van der Waals surface area contributed by atoms with E-state index in [2.05, 4.69) is 9.80 Å². The molecule has 0 bridgehead atoms.